The quantitative estimate of drug-likeness (QED) is 0.744. The van der Waals surface area contributed by atoms with Gasteiger partial charge in [0.25, 0.3) is 0 Å². The summed E-state index contributed by atoms with van der Waals surface area (Å²) >= 11 is 0. The minimum atomic E-state index is -1.14. The number of aliphatic carboxylic acids is 1. The average molecular weight is 271 g/mol. The molecule has 0 radical (unpaired) electrons. The van der Waals surface area contributed by atoms with Crippen LogP contribution in [-0.2, 0) is 4.79 Å². The van der Waals surface area contributed by atoms with Crippen molar-refractivity contribution in [1.82, 2.24) is 0 Å². The fourth-order valence-electron chi connectivity index (χ4n) is 1.49. The third-order valence-corrected chi connectivity index (χ3v) is 2.41. The SMILES string of the molecule is COc1cc(OC(CN)C(=O)O)cc(OC)c1OC. The fourth-order valence-corrected chi connectivity index (χ4v) is 1.49. The summed E-state index contributed by atoms with van der Waals surface area (Å²) in [5.41, 5.74) is 5.33. The Balaban J connectivity index is 3.12. The minimum absolute atomic E-state index is 0.147. The molecule has 0 bridgehead atoms. The molecule has 0 fully saturated rings. The Morgan fingerprint density at radius 3 is 2.05 bits per heavy atom. The summed E-state index contributed by atoms with van der Waals surface area (Å²) in [6.07, 6.45) is -1.14. The van der Waals surface area contributed by atoms with Gasteiger partial charge in [-0.15, -0.1) is 0 Å². The number of benzene rings is 1. The van der Waals surface area contributed by atoms with Gasteiger partial charge in [-0.3, -0.25) is 0 Å². The number of hydrogen-bond acceptors (Lipinski definition) is 6. The standard InChI is InChI=1S/C12H17NO6/c1-16-8-4-7(19-10(6-13)12(14)15)5-9(17-2)11(8)18-3/h4-5,10H,6,13H2,1-3H3,(H,14,15). The van der Waals surface area contributed by atoms with Gasteiger partial charge in [-0.25, -0.2) is 4.79 Å². The van der Waals surface area contributed by atoms with Gasteiger partial charge in [-0.05, 0) is 0 Å². The lowest BCUT2D eigenvalue weighted by Crippen LogP contribution is -2.34. The molecule has 0 aliphatic heterocycles. The summed E-state index contributed by atoms with van der Waals surface area (Å²) in [5.74, 6) is 0.275. The van der Waals surface area contributed by atoms with Crippen molar-refractivity contribution in [3.63, 3.8) is 0 Å². The van der Waals surface area contributed by atoms with Crippen LogP contribution in [0.15, 0.2) is 12.1 Å². The Hall–Kier alpha value is -2.15. The second kappa shape index (κ2) is 6.69. The predicted molar refractivity (Wildman–Crippen MR) is 67.2 cm³/mol. The summed E-state index contributed by atoms with van der Waals surface area (Å²) in [4.78, 5) is 10.9. The Morgan fingerprint density at radius 2 is 1.74 bits per heavy atom. The van der Waals surface area contributed by atoms with E-state index in [1.54, 1.807) is 0 Å². The molecule has 0 aromatic heterocycles. The Morgan fingerprint density at radius 1 is 1.21 bits per heavy atom. The lowest BCUT2D eigenvalue weighted by molar-refractivity contribution is -0.144. The van der Waals surface area contributed by atoms with Crippen LogP contribution in [0.5, 0.6) is 23.0 Å². The van der Waals surface area contributed by atoms with Crippen molar-refractivity contribution in [2.75, 3.05) is 27.9 Å². The number of nitrogens with two attached hydrogens (primary N) is 1. The van der Waals surface area contributed by atoms with Crippen LogP contribution >= 0.6 is 0 Å². The van der Waals surface area contributed by atoms with Crippen molar-refractivity contribution in [3.05, 3.63) is 12.1 Å². The number of ether oxygens (including phenoxy) is 4. The fraction of sp³-hybridized carbons (Fsp3) is 0.417. The zero-order chi connectivity index (χ0) is 14.4. The molecule has 1 unspecified atom stereocenters. The molecule has 0 amide bonds. The summed E-state index contributed by atoms with van der Waals surface area (Å²) in [5, 5.41) is 8.90. The van der Waals surface area contributed by atoms with Gasteiger partial charge >= 0.3 is 5.97 Å². The van der Waals surface area contributed by atoms with E-state index < -0.39 is 12.1 Å². The molecule has 0 aliphatic rings. The number of carbonyl (C=O) groups is 1. The minimum Gasteiger partial charge on any atom is -0.493 e. The van der Waals surface area contributed by atoms with E-state index in [9.17, 15) is 4.79 Å². The number of carboxylic acids is 1. The van der Waals surface area contributed by atoms with Gasteiger partial charge in [0.05, 0.1) is 21.3 Å². The highest BCUT2D eigenvalue weighted by Gasteiger charge is 2.20. The second-order valence-electron chi connectivity index (χ2n) is 3.54. The van der Waals surface area contributed by atoms with Crippen LogP contribution in [0.2, 0.25) is 0 Å². The van der Waals surface area contributed by atoms with Crippen LogP contribution < -0.4 is 24.7 Å². The maximum atomic E-state index is 10.9. The van der Waals surface area contributed by atoms with Crippen molar-refractivity contribution in [3.8, 4) is 23.0 Å². The summed E-state index contributed by atoms with van der Waals surface area (Å²) in [6, 6.07) is 3.01. The Labute approximate surface area is 110 Å². The highest BCUT2D eigenvalue weighted by molar-refractivity contribution is 5.73. The Bertz CT molecular complexity index is 423. The first-order valence-corrected chi connectivity index (χ1v) is 5.46. The zero-order valence-electron chi connectivity index (χ0n) is 11.0. The molecular formula is C12H17NO6. The molecule has 1 atom stereocenters. The topological polar surface area (TPSA) is 100 Å². The molecule has 1 aromatic rings. The van der Waals surface area contributed by atoms with Gasteiger partial charge < -0.3 is 29.8 Å². The van der Waals surface area contributed by atoms with Crippen molar-refractivity contribution in [1.29, 1.82) is 0 Å². The summed E-state index contributed by atoms with van der Waals surface area (Å²) in [6.45, 7) is -0.147. The van der Waals surface area contributed by atoms with Crippen molar-refractivity contribution < 1.29 is 28.8 Å². The third kappa shape index (κ3) is 3.41. The summed E-state index contributed by atoms with van der Waals surface area (Å²) < 4.78 is 20.7. The van der Waals surface area contributed by atoms with Gasteiger partial charge in [0.15, 0.2) is 11.5 Å². The highest BCUT2D eigenvalue weighted by Crippen LogP contribution is 2.40. The molecule has 7 heteroatoms. The molecule has 0 heterocycles. The molecule has 1 rings (SSSR count). The normalized spacial score (nSPS) is 11.6. The summed E-state index contributed by atoms with van der Waals surface area (Å²) in [7, 11) is 4.39. The number of rotatable bonds is 7. The first-order valence-electron chi connectivity index (χ1n) is 5.46. The van der Waals surface area contributed by atoms with E-state index in [0.29, 0.717) is 17.2 Å². The lowest BCUT2D eigenvalue weighted by atomic mass is 10.2. The van der Waals surface area contributed by atoms with Gasteiger partial charge in [0.1, 0.15) is 5.75 Å². The van der Waals surface area contributed by atoms with Crippen LogP contribution in [0.1, 0.15) is 0 Å². The van der Waals surface area contributed by atoms with Crippen LogP contribution in [-0.4, -0.2) is 45.1 Å². The van der Waals surface area contributed by atoms with E-state index in [1.165, 1.54) is 33.5 Å². The highest BCUT2D eigenvalue weighted by atomic mass is 16.5. The molecule has 106 valence electrons. The van der Waals surface area contributed by atoms with E-state index in [2.05, 4.69) is 0 Å². The molecular weight excluding hydrogens is 254 g/mol. The maximum Gasteiger partial charge on any atom is 0.346 e. The molecule has 1 aromatic carbocycles. The van der Waals surface area contributed by atoms with E-state index in [4.69, 9.17) is 29.8 Å². The van der Waals surface area contributed by atoms with Crippen molar-refractivity contribution in [2.45, 2.75) is 6.10 Å². The van der Waals surface area contributed by atoms with Gasteiger partial charge in [-0.2, -0.15) is 0 Å². The smallest absolute Gasteiger partial charge is 0.346 e. The predicted octanol–water partition coefficient (Wildman–Crippen LogP) is 0.503. The average Bonchev–Trinajstić information content (AvgIpc) is 2.42. The first kappa shape index (κ1) is 14.9. The van der Waals surface area contributed by atoms with E-state index in [0.717, 1.165) is 0 Å². The van der Waals surface area contributed by atoms with Crippen molar-refractivity contribution in [2.24, 2.45) is 5.73 Å². The molecule has 3 N–H and O–H groups in total. The number of carboxylic acid groups (broad SMARTS) is 1. The molecule has 0 aliphatic carbocycles. The lowest BCUT2D eigenvalue weighted by Gasteiger charge is -2.17. The zero-order valence-corrected chi connectivity index (χ0v) is 11.0. The monoisotopic (exact) mass is 271 g/mol. The van der Waals surface area contributed by atoms with Crippen molar-refractivity contribution >= 4 is 5.97 Å². The van der Waals surface area contributed by atoms with Crippen LogP contribution in [0.3, 0.4) is 0 Å². The van der Waals surface area contributed by atoms with Crippen LogP contribution in [0.25, 0.3) is 0 Å². The number of methoxy groups -OCH3 is 3. The first-order chi connectivity index (χ1) is 9.07. The van der Waals surface area contributed by atoms with Gasteiger partial charge in [-0.1, -0.05) is 0 Å². The van der Waals surface area contributed by atoms with Crippen LogP contribution in [0.4, 0.5) is 0 Å². The van der Waals surface area contributed by atoms with E-state index in [-0.39, 0.29) is 12.3 Å². The van der Waals surface area contributed by atoms with Gasteiger partial charge in [0.2, 0.25) is 11.9 Å². The maximum absolute atomic E-state index is 10.9. The van der Waals surface area contributed by atoms with E-state index in [1.807, 2.05) is 0 Å². The molecule has 0 spiro atoms. The largest absolute Gasteiger partial charge is 0.493 e. The third-order valence-electron chi connectivity index (χ3n) is 2.41. The molecule has 0 saturated heterocycles. The Kier molecular flexibility index (Phi) is 5.25. The number of hydrogen-bond donors (Lipinski definition) is 2. The molecule has 0 saturated carbocycles. The van der Waals surface area contributed by atoms with E-state index >= 15 is 0 Å². The molecule has 7 nitrogen and oxygen atoms in total. The second-order valence-corrected chi connectivity index (χ2v) is 3.54. The van der Waals surface area contributed by atoms with Gasteiger partial charge in [0, 0.05) is 18.7 Å². The van der Waals surface area contributed by atoms with Crippen LogP contribution in [0, 0.1) is 0 Å². The molecule has 19 heavy (non-hydrogen) atoms.